The monoisotopic (exact) mass is 394 g/mol. The fourth-order valence-corrected chi connectivity index (χ4v) is 4.11. The van der Waals surface area contributed by atoms with E-state index >= 15 is 0 Å². The van der Waals surface area contributed by atoms with Crippen LogP contribution in [0.3, 0.4) is 0 Å². The molecule has 5 rings (SSSR count). The zero-order valence-corrected chi connectivity index (χ0v) is 16.2. The van der Waals surface area contributed by atoms with Crippen LogP contribution in [0.5, 0.6) is 0 Å². The number of piperidine rings is 1. The number of nitrogens with zero attached hydrogens (tertiary/aromatic N) is 6. The molecule has 2 aromatic heterocycles. The molecule has 2 aliphatic rings. The van der Waals surface area contributed by atoms with E-state index in [1.165, 1.54) is 0 Å². The van der Waals surface area contributed by atoms with E-state index in [-0.39, 0.29) is 17.9 Å². The van der Waals surface area contributed by atoms with Crippen LogP contribution in [0.25, 0.3) is 22.3 Å². The van der Waals surface area contributed by atoms with Crippen molar-refractivity contribution in [2.45, 2.75) is 31.7 Å². The molecule has 0 unspecified atom stereocenters. The van der Waals surface area contributed by atoms with Gasteiger partial charge in [-0.1, -0.05) is 17.3 Å². The fraction of sp³-hybridized carbons (Fsp3) is 0.450. The van der Waals surface area contributed by atoms with Gasteiger partial charge in [-0.3, -0.25) is 14.3 Å². The van der Waals surface area contributed by atoms with Gasteiger partial charge >= 0.3 is 0 Å². The molecule has 29 heavy (non-hydrogen) atoms. The average molecular weight is 394 g/mol. The molecule has 9 heteroatoms. The number of likely N-dealkylation sites (tertiary alicyclic amines) is 2. The van der Waals surface area contributed by atoms with Crippen LogP contribution in [-0.2, 0) is 9.59 Å². The van der Waals surface area contributed by atoms with E-state index in [0.29, 0.717) is 24.8 Å². The van der Waals surface area contributed by atoms with Crippen molar-refractivity contribution in [1.82, 2.24) is 29.7 Å². The maximum absolute atomic E-state index is 11.5. The number of rotatable bonds is 4. The third kappa shape index (κ3) is 3.16. The SMILES string of the molecule is CC(=O)N1CC(n2ncc3ccc(-c4noc(C5CCN(C=O)CC5)n4)cc32)C1. The standard InChI is InChI=1S/C20H22N6O3/c1-13(28)25-10-17(11-25)26-18-8-15(2-3-16(18)9-21-26)19-22-20(29-23-19)14-4-6-24(12-27)7-5-14/h2-3,8-9,12,14,17H,4-7,10-11H2,1H3. The summed E-state index contributed by atoms with van der Waals surface area (Å²) in [6, 6.07) is 6.20. The molecule has 0 spiro atoms. The predicted octanol–water partition coefficient (Wildman–Crippen LogP) is 1.83. The van der Waals surface area contributed by atoms with Gasteiger partial charge in [0, 0.05) is 50.0 Å². The lowest BCUT2D eigenvalue weighted by Crippen LogP contribution is -2.50. The van der Waals surface area contributed by atoms with Gasteiger partial charge in [-0.15, -0.1) is 0 Å². The van der Waals surface area contributed by atoms with Crippen LogP contribution < -0.4 is 0 Å². The lowest BCUT2D eigenvalue weighted by Gasteiger charge is -2.38. The Kier molecular flexibility index (Phi) is 4.30. The largest absolute Gasteiger partial charge is 0.345 e. The molecule has 4 heterocycles. The Hall–Kier alpha value is -3.23. The van der Waals surface area contributed by atoms with E-state index in [0.717, 1.165) is 48.8 Å². The van der Waals surface area contributed by atoms with Crippen molar-refractivity contribution in [2.75, 3.05) is 26.2 Å². The molecule has 9 nitrogen and oxygen atoms in total. The van der Waals surface area contributed by atoms with E-state index in [1.807, 2.05) is 34.0 Å². The molecule has 2 saturated heterocycles. The number of amides is 2. The van der Waals surface area contributed by atoms with Crippen molar-refractivity contribution < 1.29 is 14.1 Å². The van der Waals surface area contributed by atoms with Crippen molar-refractivity contribution in [3.63, 3.8) is 0 Å². The Balaban J connectivity index is 1.37. The molecule has 2 amide bonds. The number of hydrogen-bond donors (Lipinski definition) is 0. The fourth-order valence-electron chi connectivity index (χ4n) is 4.11. The summed E-state index contributed by atoms with van der Waals surface area (Å²) in [7, 11) is 0. The highest BCUT2D eigenvalue weighted by Crippen LogP contribution is 2.30. The van der Waals surface area contributed by atoms with Gasteiger partial charge < -0.3 is 14.3 Å². The van der Waals surface area contributed by atoms with Crippen molar-refractivity contribution in [3.8, 4) is 11.4 Å². The van der Waals surface area contributed by atoms with Crippen molar-refractivity contribution in [1.29, 1.82) is 0 Å². The molecular weight excluding hydrogens is 372 g/mol. The molecular formula is C20H22N6O3. The summed E-state index contributed by atoms with van der Waals surface area (Å²) in [5, 5.41) is 9.75. The first-order valence-corrected chi connectivity index (χ1v) is 9.88. The van der Waals surface area contributed by atoms with Gasteiger partial charge in [0.1, 0.15) is 0 Å². The minimum atomic E-state index is 0.0942. The van der Waals surface area contributed by atoms with Crippen molar-refractivity contribution >= 4 is 23.2 Å². The average Bonchev–Trinajstić information content (AvgIpc) is 3.34. The summed E-state index contributed by atoms with van der Waals surface area (Å²) < 4.78 is 7.52. The summed E-state index contributed by atoms with van der Waals surface area (Å²) in [4.78, 5) is 30.5. The van der Waals surface area contributed by atoms with Crippen LogP contribution in [0.4, 0.5) is 0 Å². The first-order valence-electron chi connectivity index (χ1n) is 9.88. The van der Waals surface area contributed by atoms with E-state index in [2.05, 4.69) is 15.2 Å². The first kappa shape index (κ1) is 17.8. The molecule has 150 valence electrons. The number of carbonyl (C=O) groups excluding carboxylic acids is 2. The van der Waals surface area contributed by atoms with Gasteiger partial charge in [0.25, 0.3) is 0 Å². The summed E-state index contributed by atoms with van der Waals surface area (Å²) in [6.07, 6.45) is 4.41. The smallest absolute Gasteiger partial charge is 0.230 e. The van der Waals surface area contributed by atoms with Crippen LogP contribution in [0, 0.1) is 0 Å². The number of benzene rings is 1. The van der Waals surface area contributed by atoms with Gasteiger partial charge in [0.2, 0.25) is 24.0 Å². The normalized spacial score (nSPS) is 18.2. The minimum absolute atomic E-state index is 0.0942. The Morgan fingerprint density at radius 1 is 1.24 bits per heavy atom. The van der Waals surface area contributed by atoms with Gasteiger partial charge in [0.05, 0.1) is 17.8 Å². The first-order chi connectivity index (χ1) is 14.1. The predicted molar refractivity (Wildman–Crippen MR) is 104 cm³/mol. The second-order valence-electron chi connectivity index (χ2n) is 7.81. The van der Waals surface area contributed by atoms with E-state index < -0.39 is 0 Å². The van der Waals surface area contributed by atoms with E-state index in [4.69, 9.17) is 4.52 Å². The molecule has 3 aromatic rings. The summed E-state index contributed by atoms with van der Waals surface area (Å²) in [6.45, 7) is 4.39. The van der Waals surface area contributed by atoms with Crippen LogP contribution >= 0.6 is 0 Å². The molecule has 2 fully saturated rings. The molecule has 0 aliphatic carbocycles. The zero-order valence-electron chi connectivity index (χ0n) is 16.2. The molecule has 0 atom stereocenters. The maximum Gasteiger partial charge on any atom is 0.230 e. The molecule has 1 aromatic carbocycles. The van der Waals surface area contributed by atoms with Crippen molar-refractivity contribution in [3.05, 3.63) is 30.3 Å². The lowest BCUT2D eigenvalue weighted by molar-refractivity contribution is -0.134. The van der Waals surface area contributed by atoms with Crippen LogP contribution in [0.15, 0.2) is 28.9 Å². The van der Waals surface area contributed by atoms with E-state index in [1.54, 1.807) is 11.8 Å². The quantitative estimate of drug-likeness (QED) is 0.626. The second-order valence-corrected chi connectivity index (χ2v) is 7.81. The molecule has 0 bridgehead atoms. The molecule has 0 saturated carbocycles. The van der Waals surface area contributed by atoms with Crippen LogP contribution in [0.2, 0.25) is 0 Å². The second kappa shape index (κ2) is 6.98. The summed E-state index contributed by atoms with van der Waals surface area (Å²) in [5.41, 5.74) is 1.88. The number of hydrogen-bond acceptors (Lipinski definition) is 6. The Bertz CT molecular complexity index is 1060. The molecule has 0 radical (unpaired) electrons. The van der Waals surface area contributed by atoms with Crippen molar-refractivity contribution in [2.24, 2.45) is 0 Å². The van der Waals surface area contributed by atoms with Gasteiger partial charge in [-0.05, 0) is 18.9 Å². The Labute approximate surface area is 167 Å². The topological polar surface area (TPSA) is 97.4 Å². The Morgan fingerprint density at radius 2 is 2.03 bits per heavy atom. The van der Waals surface area contributed by atoms with Crippen LogP contribution in [0.1, 0.15) is 37.6 Å². The third-order valence-corrected chi connectivity index (χ3v) is 5.98. The van der Waals surface area contributed by atoms with Gasteiger partial charge in [-0.2, -0.15) is 10.1 Å². The molecule has 2 aliphatic heterocycles. The highest BCUT2D eigenvalue weighted by Gasteiger charge is 2.31. The third-order valence-electron chi connectivity index (χ3n) is 5.98. The summed E-state index contributed by atoms with van der Waals surface area (Å²) in [5.74, 6) is 1.48. The van der Waals surface area contributed by atoms with E-state index in [9.17, 15) is 9.59 Å². The highest BCUT2D eigenvalue weighted by atomic mass is 16.5. The number of fused-ring (bicyclic) bond motifs is 1. The summed E-state index contributed by atoms with van der Waals surface area (Å²) >= 11 is 0. The van der Waals surface area contributed by atoms with Gasteiger partial charge in [-0.25, -0.2) is 0 Å². The molecule has 0 N–H and O–H groups in total. The zero-order chi connectivity index (χ0) is 20.0. The number of carbonyl (C=O) groups is 2. The number of aromatic nitrogens is 4. The maximum atomic E-state index is 11.5. The highest BCUT2D eigenvalue weighted by molar-refractivity contribution is 5.83. The van der Waals surface area contributed by atoms with Gasteiger partial charge in [0.15, 0.2) is 0 Å². The minimum Gasteiger partial charge on any atom is -0.345 e. The Morgan fingerprint density at radius 3 is 2.76 bits per heavy atom. The lowest BCUT2D eigenvalue weighted by atomic mass is 9.97. The van der Waals surface area contributed by atoms with Crippen LogP contribution in [-0.4, -0.2) is 68.2 Å².